The SMILES string of the molecule is CCC(C)NC(=O)c1ccnc(C(=O)Nc2ccccc2C(F)(F)F)c1. The van der Waals surface area contributed by atoms with Crippen LogP contribution in [-0.2, 0) is 6.18 Å². The van der Waals surface area contributed by atoms with E-state index in [0.717, 1.165) is 18.6 Å². The van der Waals surface area contributed by atoms with E-state index in [-0.39, 0.29) is 28.9 Å². The minimum atomic E-state index is -4.60. The number of alkyl halides is 3. The molecular weight excluding hydrogens is 347 g/mol. The van der Waals surface area contributed by atoms with Gasteiger partial charge in [0.2, 0.25) is 0 Å². The largest absolute Gasteiger partial charge is 0.418 e. The zero-order valence-corrected chi connectivity index (χ0v) is 14.2. The second-order valence-corrected chi connectivity index (χ2v) is 5.71. The molecule has 0 aliphatic rings. The third-order valence-electron chi connectivity index (χ3n) is 3.73. The number of pyridine rings is 1. The smallest absolute Gasteiger partial charge is 0.350 e. The molecule has 0 aliphatic heterocycles. The van der Waals surface area contributed by atoms with Gasteiger partial charge in [0.05, 0.1) is 11.3 Å². The molecule has 0 aliphatic carbocycles. The molecule has 1 atom stereocenters. The molecule has 2 N–H and O–H groups in total. The number of hydrogen-bond acceptors (Lipinski definition) is 3. The number of aromatic nitrogens is 1. The number of carbonyl (C=O) groups excluding carboxylic acids is 2. The molecule has 1 aromatic carbocycles. The summed E-state index contributed by atoms with van der Waals surface area (Å²) in [4.78, 5) is 28.2. The molecule has 0 radical (unpaired) electrons. The van der Waals surface area contributed by atoms with Crippen LogP contribution >= 0.6 is 0 Å². The maximum atomic E-state index is 13.0. The van der Waals surface area contributed by atoms with Crippen molar-refractivity contribution in [3.63, 3.8) is 0 Å². The number of amides is 2. The van der Waals surface area contributed by atoms with Crippen molar-refractivity contribution in [3.8, 4) is 0 Å². The van der Waals surface area contributed by atoms with E-state index >= 15 is 0 Å². The Morgan fingerprint density at radius 3 is 2.50 bits per heavy atom. The fourth-order valence-corrected chi connectivity index (χ4v) is 2.13. The summed E-state index contributed by atoms with van der Waals surface area (Å²) < 4.78 is 39.0. The van der Waals surface area contributed by atoms with Crippen molar-refractivity contribution in [2.75, 3.05) is 5.32 Å². The predicted octanol–water partition coefficient (Wildman–Crippen LogP) is 3.88. The van der Waals surface area contributed by atoms with Gasteiger partial charge in [-0.1, -0.05) is 19.1 Å². The van der Waals surface area contributed by atoms with Crippen LogP contribution in [0.25, 0.3) is 0 Å². The van der Waals surface area contributed by atoms with Crippen LogP contribution in [-0.4, -0.2) is 22.8 Å². The second kappa shape index (κ2) is 7.99. The Kier molecular flexibility index (Phi) is 5.97. The number of carbonyl (C=O) groups is 2. The Morgan fingerprint density at radius 1 is 1.15 bits per heavy atom. The lowest BCUT2D eigenvalue weighted by Gasteiger charge is -2.14. The molecule has 0 bridgehead atoms. The van der Waals surface area contributed by atoms with E-state index in [1.807, 2.05) is 13.8 Å². The zero-order valence-electron chi connectivity index (χ0n) is 14.2. The van der Waals surface area contributed by atoms with Crippen LogP contribution in [0.2, 0.25) is 0 Å². The molecule has 1 heterocycles. The van der Waals surface area contributed by atoms with Gasteiger partial charge in [-0.3, -0.25) is 14.6 Å². The third-order valence-corrected chi connectivity index (χ3v) is 3.73. The Morgan fingerprint density at radius 2 is 1.85 bits per heavy atom. The number of rotatable bonds is 5. The van der Waals surface area contributed by atoms with Crippen molar-refractivity contribution >= 4 is 17.5 Å². The van der Waals surface area contributed by atoms with Crippen molar-refractivity contribution in [3.05, 3.63) is 59.4 Å². The molecule has 138 valence electrons. The first kappa shape index (κ1) is 19.4. The van der Waals surface area contributed by atoms with Gasteiger partial charge in [-0.25, -0.2) is 0 Å². The number of anilines is 1. The van der Waals surface area contributed by atoms with Crippen molar-refractivity contribution in [1.29, 1.82) is 0 Å². The third kappa shape index (κ3) is 4.81. The van der Waals surface area contributed by atoms with Gasteiger partial charge < -0.3 is 10.6 Å². The van der Waals surface area contributed by atoms with Gasteiger partial charge in [-0.05, 0) is 37.6 Å². The number of benzene rings is 1. The van der Waals surface area contributed by atoms with Gasteiger partial charge in [-0.2, -0.15) is 13.2 Å². The van der Waals surface area contributed by atoms with Crippen molar-refractivity contribution in [2.45, 2.75) is 32.5 Å². The van der Waals surface area contributed by atoms with Crippen molar-refractivity contribution in [1.82, 2.24) is 10.3 Å². The van der Waals surface area contributed by atoms with E-state index in [1.165, 1.54) is 30.5 Å². The molecule has 8 heteroatoms. The molecule has 2 aromatic rings. The number of para-hydroxylation sites is 1. The lowest BCUT2D eigenvalue weighted by atomic mass is 10.1. The van der Waals surface area contributed by atoms with E-state index in [0.29, 0.717) is 0 Å². The molecule has 26 heavy (non-hydrogen) atoms. The standard InChI is InChI=1S/C18H18F3N3O2/c1-3-11(2)23-16(25)12-8-9-22-15(10-12)17(26)24-14-7-5-4-6-13(14)18(19,20)21/h4-11H,3H2,1-2H3,(H,23,25)(H,24,26). The highest BCUT2D eigenvalue weighted by Crippen LogP contribution is 2.34. The first-order chi connectivity index (χ1) is 12.2. The summed E-state index contributed by atoms with van der Waals surface area (Å²) in [5, 5.41) is 4.94. The zero-order chi connectivity index (χ0) is 19.3. The van der Waals surface area contributed by atoms with Gasteiger partial charge in [0.25, 0.3) is 11.8 Å². The summed E-state index contributed by atoms with van der Waals surface area (Å²) >= 11 is 0. The molecule has 2 amide bonds. The van der Waals surface area contributed by atoms with Crippen LogP contribution in [0.1, 0.15) is 46.7 Å². The van der Waals surface area contributed by atoms with Crippen LogP contribution in [0, 0.1) is 0 Å². The maximum Gasteiger partial charge on any atom is 0.418 e. The van der Waals surface area contributed by atoms with E-state index in [1.54, 1.807) is 0 Å². The highest BCUT2D eigenvalue weighted by molar-refractivity contribution is 6.05. The summed E-state index contributed by atoms with van der Waals surface area (Å²) in [6.45, 7) is 3.75. The fraction of sp³-hybridized carbons (Fsp3) is 0.278. The Hall–Kier alpha value is -2.90. The predicted molar refractivity (Wildman–Crippen MR) is 90.9 cm³/mol. The van der Waals surface area contributed by atoms with E-state index in [2.05, 4.69) is 15.6 Å². The quantitative estimate of drug-likeness (QED) is 0.845. The van der Waals surface area contributed by atoms with Gasteiger partial charge >= 0.3 is 6.18 Å². The number of nitrogens with one attached hydrogen (secondary N) is 2. The van der Waals surface area contributed by atoms with Crippen LogP contribution in [0.15, 0.2) is 42.6 Å². The first-order valence-corrected chi connectivity index (χ1v) is 7.97. The molecule has 0 saturated carbocycles. The summed E-state index contributed by atoms with van der Waals surface area (Å²) in [6.07, 6.45) is -2.61. The van der Waals surface area contributed by atoms with Gasteiger partial charge in [0.15, 0.2) is 0 Å². The minimum absolute atomic E-state index is 0.0494. The van der Waals surface area contributed by atoms with Crippen LogP contribution < -0.4 is 10.6 Å². The summed E-state index contributed by atoms with van der Waals surface area (Å²) in [5.41, 5.74) is -1.28. The summed E-state index contributed by atoms with van der Waals surface area (Å²) in [5.74, 6) is -1.22. The first-order valence-electron chi connectivity index (χ1n) is 7.97. The molecule has 0 fully saturated rings. The highest BCUT2D eigenvalue weighted by Gasteiger charge is 2.33. The average molecular weight is 365 g/mol. The number of hydrogen-bond donors (Lipinski definition) is 2. The molecule has 2 rings (SSSR count). The van der Waals surface area contributed by atoms with E-state index < -0.39 is 17.6 Å². The van der Waals surface area contributed by atoms with Gasteiger partial charge in [0, 0.05) is 17.8 Å². The van der Waals surface area contributed by atoms with Gasteiger partial charge in [-0.15, -0.1) is 0 Å². The number of halogens is 3. The summed E-state index contributed by atoms with van der Waals surface area (Å²) in [6, 6.07) is 7.26. The molecule has 0 spiro atoms. The van der Waals surface area contributed by atoms with Crippen LogP contribution in [0.5, 0.6) is 0 Å². The average Bonchev–Trinajstić information content (AvgIpc) is 2.61. The molecule has 5 nitrogen and oxygen atoms in total. The monoisotopic (exact) mass is 365 g/mol. The van der Waals surface area contributed by atoms with Crippen molar-refractivity contribution in [2.24, 2.45) is 0 Å². The minimum Gasteiger partial charge on any atom is -0.350 e. The van der Waals surface area contributed by atoms with Crippen molar-refractivity contribution < 1.29 is 22.8 Å². The maximum absolute atomic E-state index is 13.0. The van der Waals surface area contributed by atoms with E-state index in [9.17, 15) is 22.8 Å². The Bertz CT molecular complexity index is 806. The highest BCUT2D eigenvalue weighted by atomic mass is 19.4. The topological polar surface area (TPSA) is 71.1 Å². The second-order valence-electron chi connectivity index (χ2n) is 5.71. The molecule has 1 aromatic heterocycles. The molecule has 0 saturated heterocycles. The summed E-state index contributed by atoms with van der Waals surface area (Å²) in [7, 11) is 0. The normalized spacial score (nSPS) is 12.3. The van der Waals surface area contributed by atoms with Crippen LogP contribution in [0.3, 0.4) is 0 Å². The fourth-order valence-electron chi connectivity index (χ4n) is 2.13. The lowest BCUT2D eigenvalue weighted by molar-refractivity contribution is -0.136. The molecular formula is C18H18F3N3O2. The van der Waals surface area contributed by atoms with E-state index in [4.69, 9.17) is 0 Å². The number of nitrogens with zero attached hydrogens (tertiary/aromatic N) is 1. The molecule has 1 unspecified atom stereocenters. The lowest BCUT2D eigenvalue weighted by Crippen LogP contribution is -2.32. The Labute approximate surface area is 148 Å². The Balaban J connectivity index is 2.22. The van der Waals surface area contributed by atoms with Crippen LogP contribution in [0.4, 0.5) is 18.9 Å². The van der Waals surface area contributed by atoms with Gasteiger partial charge in [0.1, 0.15) is 5.69 Å².